The molecule has 1 unspecified atom stereocenters. The standard InChI is InChI=1S/C15H32N2O2/c1-5-6-7-8-11-19-12-9-10-15(4,14(16)18)17-13(2)3/h13,17H,5-12H2,1-4H3,(H2,16,18). The molecule has 0 fully saturated rings. The van der Waals surface area contributed by atoms with Gasteiger partial charge in [0.25, 0.3) is 0 Å². The summed E-state index contributed by atoms with van der Waals surface area (Å²) >= 11 is 0. The third-order valence-corrected chi connectivity index (χ3v) is 3.26. The summed E-state index contributed by atoms with van der Waals surface area (Å²) in [7, 11) is 0. The SMILES string of the molecule is CCCCCCOCCCC(C)(NC(C)C)C(N)=O. The van der Waals surface area contributed by atoms with Gasteiger partial charge in [-0.15, -0.1) is 0 Å². The second kappa shape index (κ2) is 10.2. The maximum Gasteiger partial charge on any atom is 0.237 e. The van der Waals surface area contributed by atoms with Crippen molar-refractivity contribution in [2.75, 3.05) is 13.2 Å². The zero-order valence-electron chi connectivity index (χ0n) is 13.1. The summed E-state index contributed by atoms with van der Waals surface area (Å²) in [6.45, 7) is 9.64. The van der Waals surface area contributed by atoms with Gasteiger partial charge in [0.05, 0.1) is 5.54 Å². The van der Waals surface area contributed by atoms with E-state index in [1.165, 1.54) is 19.3 Å². The summed E-state index contributed by atoms with van der Waals surface area (Å²) in [5, 5.41) is 3.24. The predicted molar refractivity (Wildman–Crippen MR) is 80.1 cm³/mol. The lowest BCUT2D eigenvalue weighted by molar-refractivity contribution is -0.124. The van der Waals surface area contributed by atoms with Crippen molar-refractivity contribution >= 4 is 5.91 Å². The normalized spacial score (nSPS) is 14.6. The summed E-state index contributed by atoms with van der Waals surface area (Å²) in [4.78, 5) is 11.5. The van der Waals surface area contributed by atoms with E-state index in [2.05, 4.69) is 12.2 Å². The molecule has 0 radical (unpaired) electrons. The summed E-state index contributed by atoms with van der Waals surface area (Å²) in [6, 6.07) is 0.243. The highest BCUT2D eigenvalue weighted by Gasteiger charge is 2.30. The van der Waals surface area contributed by atoms with Gasteiger partial charge < -0.3 is 15.8 Å². The number of hydrogen-bond donors (Lipinski definition) is 2. The zero-order valence-corrected chi connectivity index (χ0v) is 13.1. The van der Waals surface area contributed by atoms with Crippen LogP contribution in [-0.4, -0.2) is 30.7 Å². The molecule has 19 heavy (non-hydrogen) atoms. The van der Waals surface area contributed by atoms with Crippen LogP contribution in [0.4, 0.5) is 0 Å². The van der Waals surface area contributed by atoms with Crippen molar-refractivity contribution in [1.29, 1.82) is 0 Å². The first kappa shape index (κ1) is 18.4. The van der Waals surface area contributed by atoms with E-state index in [9.17, 15) is 4.79 Å². The van der Waals surface area contributed by atoms with Crippen LogP contribution >= 0.6 is 0 Å². The Morgan fingerprint density at radius 3 is 2.37 bits per heavy atom. The molecule has 0 aliphatic rings. The number of primary amides is 1. The average Bonchev–Trinajstić information content (AvgIpc) is 2.31. The van der Waals surface area contributed by atoms with Crippen LogP contribution in [0.5, 0.6) is 0 Å². The second-order valence-corrected chi connectivity index (χ2v) is 5.77. The Kier molecular flexibility index (Phi) is 9.88. The van der Waals surface area contributed by atoms with Gasteiger partial charge in [-0.2, -0.15) is 0 Å². The van der Waals surface area contributed by atoms with Crippen molar-refractivity contribution < 1.29 is 9.53 Å². The van der Waals surface area contributed by atoms with Gasteiger partial charge in [0.1, 0.15) is 0 Å². The molecule has 0 saturated carbocycles. The molecule has 0 heterocycles. The molecule has 0 aromatic heterocycles. The van der Waals surface area contributed by atoms with Crippen LogP contribution in [0.25, 0.3) is 0 Å². The van der Waals surface area contributed by atoms with Crippen molar-refractivity contribution in [3.05, 3.63) is 0 Å². The maximum absolute atomic E-state index is 11.5. The number of rotatable bonds is 12. The van der Waals surface area contributed by atoms with Gasteiger partial charge >= 0.3 is 0 Å². The lowest BCUT2D eigenvalue weighted by Crippen LogP contribution is -2.55. The molecule has 0 bridgehead atoms. The van der Waals surface area contributed by atoms with Crippen molar-refractivity contribution in [1.82, 2.24) is 5.32 Å². The average molecular weight is 272 g/mol. The molecule has 4 nitrogen and oxygen atoms in total. The first-order chi connectivity index (χ1) is 8.92. The minimum Gasteiger partial charge on any atom is -0.381 e. The van der Waals surface area contributed by atoms with E-state index in [4.69, 9.17) is 10.5 Å². The first-order valence-electron chi connectivity index (χ1n) is 7.57. The van der Waals surface area contributed by atoms with Crippen molar-refractivity contribution in [2.45, 2.75) is 77.8 Å². The van der Waals surface area contributed by atoms with Crippen molar-refractivity contribution in [2.24, 2.45) is 5.73 Å². The Morgan fingerprint density at radius 2 is 1.84 bits per heavy atom. The Labute approximate surface area is 118 Å². The lowest BCUT2D eigenvalue weighted by atomic mass is 9.94. The smallest absolute Gasteiger partial charge is 0.237 e. The van der Waals surface area contributed by atoms with Gasteiger partial charge in [-0.25, -0.2) is 0 Å². The molecule has 0 aromatic rings. The molecule has 0 aliphatic heterocycles. The van der Waals surface area contributed by atoms with E-state index in [0.29, 0.717) is 6.61 Å². The van der Waals surface area contributed by atoms with Crippen LogP contribution in [0.3, 0.4) is 0 Å². The van der Waals surface area contributed by atoms with Crippen LogP contribution in [0, 0.1) is 0 Å². The van der Waals surface area contributed by atoms with Gasteiger partial charge in [0.15, 0.2) is 0 Å². The summed E-state index contributed by atoms with van der Waals surface area (Å²) in [5.41, 5.74) is 4.85. The molecule has 1 atom stereocenters. The number of hydrogen-bond acceptors (Lipinski definition) is 3. The minimum atomic E-state index is -0.625. The van der Waals surface area contributed by atoms with E-state index in [1.807, 2.05) is 20.8 Å². The monoisotopic (exact) mass is 272 g/mol. The first-order valence-corrected chi connectivity index (χ1v) is 7.57. The van der Waals surface area contributed by atoms with E-state index in [0.717, 1.165) is 25.9 Å². The fourth-order valence-electron chi connectivity index (χ4n) is 2.16. The summed E-state index contributed by atoms with van der Waals surface area (Å²) < 4.78 is 5.58. The van der Waals surface area contributed by atoms with Gasteiger partial charge in [0, 0.05) is 19.3 Å². The number of unbranched alkanes of at least 4 members (excludes halogenated alkanes) is 3. The predicted octanol–water partition coefficient (Wildman–Crippen LogP) is 2.61. The molecule has 0 aromatic carbocycles. The fraction of sp³-hybridized carbons (Fsp3) is 0.933. The quantitative estimate of drug-likeness (QED) is 0.537. The van der Waals surface area contributed by atoms with E-state index >= 15 is 0 Å². The van der Waals surface area contributed by atoms with Crippen molar-refractivity contribution in [3.63, 3.8) is 0 Å². The Morgan fingerprint density at radius 1 is 1.21 bits per heavy atom. The van der Waals surface area contributed by atoms with Crippen LogP contribution < -0.4 is 11.1 Å². The Hall–Kier alpha value is -0.610. The molecule has 3 N–H and O–H groups in total. The molecule has 0 rings (SSSR count). The number of nitrogens with one attached hydrogen (secondary N) is 1. The van der Waals surface area contributed by atoms with E-state index in [1.54, 1.807) is 0 Å². The molecule has 114 valence electrons. The van der Waals surface area contributed by atoms with Crippen LogP contribution in [0.1, 0.15) is 66.2 Å². The van der Waals surface area contributed by atoms with Gasteiger partial charge in [-0.1, -0.05) is 26.2 Å². The third-order valence-electron chi connectivity index (χ3n) is 3.26. The molecule has 0 aliphatic carbocycles. The highest BCUT2D eigenvalue weighted by atomic mass is 16.5. The largest absolute Gasteiger partial charge is 0.381 e. The molecule has 0 saturated heterocycles. The number of ether oxygens (including phenoxy) is 1. The van der Waals surface area contributed by atoms with Crippen molar-refractivity contribution in [3.8, 4) is 0 Å². The number of carbonyl (C=O) groups excluding carboxylic acids is 1. The topological polar surface area (TPSA) is 64.3 Å². The van der Waals surface area contributed by atoms with Crippen LogP contribution in [-0.2, 0) is 9.53 Å². The van der Waals surface area contributed by atoms with Gasteiger partial charge in [-0.3, -0.25) is 4.79 Å². The third kappa shape index (κ3) is 9.00. The van der Waals surface area contributed by atoms with Gasteiger partial charge in [-0.05, 0) is 40.0 Å². The second-order valence-electron chi connectivity index (χ2n) is 5.77. The lowest BCUT2D eigenvalue weighted by Gasteiger charge is -2.29. The molecular formula is C15H32N2O2. The number of amides is 1. The highest BCUT2D eigenvalue weighted by Crippen LogP contribution is 2.13. The number of carbonyl (C=O) groups is 1. The summed E-state index contributed by atoms with van der Waals surface area (Å²) in [5.74, 6) is -0.288. The van der Waals surface area contributed by atoms with Crippen LogP contribution in [0.2, 0.25) is 0 Å². The molecule has 4 heteroatoms. The maximum atomic E-state index is 11.5. The molecule has 1 amide bonds. The Balaban J connectivity index is 3.74. The zero-order chi connectivity index (χ0) is 14.7. The fourth-order valence-corrected chi connectivity index (χ4v) is 2.16. The molecular weight excluding hydrogens is 240 g/mol. The van der Waals surface area contributed by atoms with E-state index in [-0.39, 0.29) is 11.9 Å². The molecule has 0 spiro atoms. The number of nitrogens with two attached hydrogens (primary N) is 1. The van der Waals surface area contributed by atoms with E-state index < -0.39 is 5.54 Å². The van der Waals surface area contributed by atoms with Gasteiger partial charge in [0.2, 0.25) is 5.91 Å². The highest BCUT2D eigenvalue weighted by molar-refractivity contribution is 5.84. The minimum absolute atomic E-state index is 0.243. The summed E-state index contributed by atoms with van der Waals surface area (Å²) in [6.07, 6.45) is 6.47. The Bertz CT molecular complexity index is 244. The van der Waals surface area contributed by atoms with Crippen LogP contribution in [0.15, 0.2) is 0 Å².